The molecule has 1 saturated heterocycles. The second kappa shape index (κ2) is 9.75. The molecule has 3 aromatic rings. The lowest BCUT2D eigenvalue weighted by atomic mass is 9.90. The van der Waals surface area contributed by atoms with Crippen molar-refractivity contribution in [1.82, 2.24) is 4.90 Å². The summed E-state index contributed by atoms with van der Waals surface area (Å²) in [6.07, 6.45) is 3.05. The van der Waals surface area contributed by atoms with Gasteiger partial charge in [0, 0.05) is 11.9 Å². The topological polar surface area (TPSA) is 32.7 Å². The van der Waals surface area contributed by atoms with E-state index in [2.05, 4.69) is 69.4 Å². The fourth-order valence-electron chi connectivity index (χ4n) is 4.21. The number of ether oxygens (including phenoxy) is 1. The number of hydrogen-bond donors (Lipinski definition) is 1. The Balaban J connectivity index is 1.26. The van der Waals surface area contributed by atoms with Crippen LogP contribution in [-0.2, 0) is 6.42 Å². The first kappa shape index (κ1) is 20.4. The van der Waals surface area contributed by atoms with Crippen LogP contribution < -0.4 is 4.74 Å². The van der Waals surface area contributed by atoms with Gasteiger partial charge in [0.15, 0.2) is 0 Å². The van der Waals surface area contributed by atoms with Crippen molar-refractivity contribution in [2.24, 2.45) is 5.92 Å². The zero-order valence-corrected chi connectivity index (χ0v) is 18.2. The highest BCUT2D eigenvalue weighted by atomic mass is 79.9. The first-order chi connectivity index (χ1) is 14.2. The SMILES string of the molecule is OC(COc1c(Br)ccc2ccccc12)CN1CCC(Cc2ccccc2)CC1. The first-order valence-corrected chi connectivity index (χ1v) is 11.2. The average molecular weight is 454 g/mol. The van der Waals surface area contributed by atoms with Gasteiger partial charge in [-0.15, -0.1) is 0 Å². The van der Waals surface area contributed by atoms with Crippen LogP contribution in [0.4, 0.5) is 0 Å². The maximum absolute atomic E-state index is 10.5. The molecule has 0 aromatic heterocycles. The molecule has 1 aliphatic rings. The Morgan fingerprint density at radius 1 is 0.966 bits per heavy atom. The van der Waals surface area contributed by atoms with Gasteiger partial charge < -0.3 is 14.7 Å². The van der Waals surface area contributed by atoms with Gasteiger partial charge in [-0.05, 0) is 71.2 Å². The maximum atomic E-state index is 10.5. The van der Waals surface area contributed by atoms with Crippen molar-refractivity contribution in [3.8, 4) is 5.75 Å². The summed E-state index contributed by atoms with van der Waals surface area (Å²) in [6, 6.07) is 23.0. The van der Waals surface area contributed by atoms with Gasteiger partial charge in [-0.25, -0.2) is 0 Å². The van der Waals surface area contributed by atoms with Crippen LogP contribution in [0.15, 0.2) is 71.2 Å². The summed E-state index contributed by atoms with van der Waals surface area (Å²) in [5, 5.41) is 12.7. The summed E-state index contributed by atoms with van der Waals surface area (Å²) in [7, 11) is 0. The third-order valence-corrected chi connectivity index (χ3v) is 6.42. The predicted molar refractivity (Wildman–Crippen MR) is 122 cm³/mol. The number of halogens is 1. The van der Waals surface area contributed by atoms with Crippen LogP contribution in [0.2, 0.25) is 0 Å². The number of aliphatic hydroxyl groups is 1. The average Bonchev–Trinajstić information content (AvgIpc) is 2.75. The Labute approximate surface area is 181 Å². The van der Waals surface area contributed by atoms with E-state index in [1.54, 1.807) is 0 Å². The van der Waals surface area contributed by atoms with E-state index in [-0.39, 0.29) is 0 Å². The highest BCUT2D eigenvalue weighted by Gasteiger charge is 2.21. The maximum Gasteiger partial charge on any atom is 0.141 e. The number of aliphatic hydroxyl groups excluding tert-OH is 1. The Morgan fingerprint density at radius 2 is 1.69 bits per heavy atom. The van der Waals surface area contributed by atoms with E-state index >= 15 is 0 Å². The van der Waals surface area contributed by atoms with Crippen molar-refractivity contribution in [1.29, 1.82) is 0 Å². The normalized spacial score (nSPS) is 16.8. The predicted octanol–water partition coefficient (Wildman–Crippen LogP) is 5.30. The molecule has 0 spiro atoms. The van der Waals surface area contributed by atoms with E-state index in [0.29, 0.717) is 13.2 Å². The molecule has 29 heavy (non-hydrogen) atoms. The molecule has 4 heteroatoms. The lowest BCUT2D eigenvalue weighted by Crippen LogP contribution is -2.41. The molecule has 1 heterocycles. The first-order valence-electron chi connectivity index (χ1n) is 10.4. The van der Waals surface area contributed by atoms with Crippen molar-refractivity contribution >= 4 is 26.7 Å². The van der Waals surface area contributed by atoms with E-state index in [4.69, 9.17) is 4.74 Å². The monoisotopic (exact) mass is 453 g/mol. The van der Waals surface area contributed by atoms with Crippen molar-refractivity contribution in [2.45, 2.75) is 25.4 Å². The number of likely N-dealkylation sites (tertiary alicyclic amines) is 1. The second-order valence-corrected chi connectivity index (χ2v) is 8.85. The number of hydrogen-bond acceptors (Lipinski definition) is 3. The molecule has 0 aliphatic carbocycles. The molecule has 3 nitrogen and oxygen atoms in total. The molecule has 1 N–H and O–H groups in total. The van der Waals surface area contributed by atoms with Gasteiger partial charge >= 0.3 is 0 Å². The van der Waals surface area contributed by atoms with Crippen LogP contribution in [0.1, 0.15) is 18.4 Å². The van der Waals surface area contributed by atoms with Crippen LogP contribution in [0.3, 0.4) is 0 Å². The highest BCUT2D eigenvalue weighted by molar-refractivity contribution is 9.10. The molecule has 152 valence electrons. The Kier molecular flexibility index (Phi) is 6.86. The molecule has 1 atom stereocenters. The molecule has 4 rings (SSSR count). The van der Waals surface area contributed by atoms with E-state index in [1.807, 2.05) is 18.2 Å². The third-order valence-electron chi connectivity index (χ3n) is 5.79. The minimum Gasteiger partial charge on any atom is -0.489 e. The number of nitrogens with zero attached hydrogens (tertiary/aromatic N) is 1. The molecule has 0 saturated carbocycles. The van der Waals surface area contributed by atoms with Crippen molar-refractivity contribution in [3.63, 3.8) is 0 Å². The van der Waals surface area contributed by atoms with Crippen LogP contribution in [0, 0.1) is 5.92 Å². The molecule has 0 bridgehead atoms. The zero-order valence-electron chi connectivity index (χ0n) is 16.6. The highest BCUT2D eigenvalue weighted by Crippen LogP contribution is 2.33. The van der Waals surface area contributed by atoms with Crippen molar-refractivity contribution in [3.05, 3.63) is 76.8 Å². The number of rotatable bonds is 7. The number of piperidine rings is 1. The lowest BCUT2D eigenvalue weighted by Gasteiger charge is -2.33. The summed E-state index contributed by atoms with van der Waals surface area (Å²) in [4.78, 5) is 2.37. The number of fused-ring (bicyclic) bond motifs is 1. The van der Waals surface area contributed by atoms with E-state index in [0.717, 1.165) is 46.4 Å². The molecular formula is C25H28BrNO2. The molecule has 3 aromatic carbocycles. The van der Waals surface area contributed by atoms with Crippen LogP contribution in [0.25, 0.3) is 10.8 Å². The van der Waals surface area contributed by atoms with E-state index < -0.39 is 6.10 Å². The van der Waals surface area contributed by atoms with Crippen LogP contribution >= 0.6 is 15.9 Å². The molecule has 0 radical (unpaired) electrons. The Hall–Kier alpha value is -1.88. The van der Waals surface area contributed by atoms with Crippen LogP contribution in [0.5, 0.6) is 5.75 Å². The summed E-state index contributed by atoms with van der Waals surface area (Å²) in [6.45, 7) is 3.07. The van der Waals surface area contributed by atoms with E-state index in [1.165, 1.54) is 18.4 Å². The van der Waals surface area contributed by atoms with Gasteiger partial charge in [0.1, 0.15) is 18.5 Å². The van der Waals surface area contributed by atoms with Gasteiger partial charge in [-0.1, -0.05) is 60.7 Å². The summed E-state index contributed by atoms with van der Waals surface area (Å²) in [5.74, 6) is 1.55. The van der Waals surface area contributed by atoms with Crippen molar-refractivity contribution in [2.75, 3.05) is 26.2 Å². The van der Waals surface area contributed by atoms with E-state index in [9.17, 15) is 5.11 Å². The van der Waals surface area contributed by atoms with Gasteiger partial charge in [-0.3, -0.25) is 0 Å². The summed E-state index contributed by atoms with van der Waals surface area (Å²) < 4.78 is 6.95. The summed E-state index contributed by atoms with van der Waals surface area (Å²) in [5.41, 5.74) is 1.43. The Bertz CT molecular complexity index is 923. The van der Waals surface area contributed by atoms with Gasteiger partial charge in [0.05, 0.1) is 4.47 Å². The molecule has 1 aliphatic heterocycles. The van der Waals surface area contributed by atoms with Gasteiger partial charge in [0.2, 0.25) is 0 Å². The van der Waals surface area contributed by atoms with Gasteiger partial charge in [-0.2, -0.15) is 0 Å². The molecule has 1 fully saturated rings. The third kappa shape index (κ3) is 5.39. The molecular weight excluding hydrogens is 426 g/mol. The Morgan fingerprint density at radius 3 is 2.48 bits per heavy atom. The van der Waals surface area contributed by atoms with Crippen LogP contribution in [-0.4, -0.2) is 42.4 Å². The quantitative estimate of drug-likeness (QED) is 0.526. The number of β-amino-alcohol motifs (C(OH)–C–C–N with tert-alkyl or cyclic N) is 1. The lowest BCUT2D eigenvalue weighted by molar-refractivity contribution is 0.0553. The largest absolute Gasteiger partial charge is 0.489 e. The second-order valence-electron chi connectivity index (χ2n) is 8.00. The minimum atomic E-state index is -0.494. The standard InChI is InChI=1S/C25H28BrNO2/c26-24-11-10-21-8-4-5-9-23(21)25(24)29-18-22(28)17-27-14-12-20(13-15-27)16-19-6-2-1-3-7-19/h1-11,20,22,28H,12-18H2. The molecule has 1 unspecified atom stereocenters. The fourth-order valence-corrected chi connectivity index (χ4v) is 4.67. The number of benzene rings is 3. The zero-order chi connectivity index (χ0) is 20.1. The van der Waals surface area contributed by atoms with Crippen molar-refractivity contribution < 1.29 is 9.84 Å². The van der Waals surface area contributed by atoms with Gasteiger partial charge in [0.25, 0.3) is 0 Å². The molecule has 0 amide bonds. The fraction of sp³-hybridized carbons (Fsp3) is 0.360. The smallest absolute Gasteiger partial charge is 0.141 e. The minimum absolute atomic E-state index is 0.302. The summed E-state index contributed by atoms with van der Waals surface area (Å²) >= 11 is 3.58.